The van der Waals surface area contributed by atoms with Crippen LogP contribution < -0.4 is 4.90 Å². The molecule has 0 aliphatic carbocycles. The lowest BCUT2D eigenvalue weighted by molar-refractivity contribution is 0.662. The van der Waals surface area contributed by atoms with Crippen molar-refractivity contribution < 1.29 is 0 Å². The molecule has 0 aromatic carbocycles. The molecule has 0 aliphatic rings. The van der Waals surface area contributed by atoms with Crippen LogP contribution in [-0.2, 0) is 0 Å². The normalized spacial score (nSPS) is 11.9. The number of anilines is 1. The third kappa shape index (κ3) is 2.02. The van der Waals surface area contributed by atoms with Crippen LogP contribution in [0, 0.1) is 11.3 Å². The van der Waals surface area contributed by atoms with Gasteiger partial charge >= 0.3 is 0 Å². The summed E-state index contributed by atoms with van der Waals surface area (Å²) in [5.74, 6) is 0. The highest BCUT2D eigenvalue weighted by molar-refractivity contribution is 5.57. The Hall–Kier alpha value is -1.56. The first-order chi connectivity index (χ1) is 6.70. The Labute approximate surface area is 85.0 Å². The Morgan fingerprint density at radius 2 is 2.36 bits per heavy atom. The number of hydrogen-bond donors (Lipinski definition) is 0. The van der Waals surface area contributed by atoms with E-state index >= 15 is 0 Å². The van der Waals surface area contributed by atoms with Gasteiger partial charge in [-0.25, -0.2) is 0 Å². The molecule has 0 saturated heterocycles. The Morgan fingerprint density at radius 1 is 1.64 bits per heavy atom. The summed E-state index contributed by atoms with van der Waals surface area (Å²) >= 11 is 0. The van der Waals surface area contributed by atoms with Crippen LogP contribution in [0.15, 0.2) is 18.5 Å². The van der Waals surface area contributed by atoms with Crippen LogP contribution in [0.2, 0.25) is 0 Å². The van der Waals surface area contributed by atoms with Crippen LogP contribution >= 0.6 is 0 Å². The van der Waals surface area contributed by atoms with E-state index in [2.05, 4.69) is 29.8 Å². The van der Waals surface area contributed by atoms with E-state index in [9.17, 15) is 0 Å². The Morgan fingerprint density at radius 3 is 2.93 bits per heavy atom. The number of hydrogen-bond acceptors (Lipinski definition) is 3. The molecule has 0 N–H and O–H groups in total. The van der Waals surface area contributed by atoms with Crippen molar-refractivity contribution in [1.82, 2.24) is 4.98 Å². The second-order valence-corrected chi connectivity index (χ2v) is 3.37. The van der Waals surface area contributed by atoms with Crippen molar-refractivity contribution in [2.24, 2.45) is 0 Å². The summed E-state index contributed by atoms with van der Waals surface area (Å²) in [6, 6.07) is 4.34. The third-order valence-corrected chi connectivity index (χ3v) is 2.55. The van der Waals surface area contributed by atoms with Crippen LogP contribution in [0.1, 0.15) is 25.8 Å². The van der Waals surface area contributed by atoms with Gasteiger partial charge in [0.25, 0.3) is 0 Å². The maximum Gasteiger partial charge on any atom is 0.101 e. The van der Waals surface area contributed by atoms with Gasteiger partial charge in [0, 0.05) is 19.3 Å². The van der Waals surface area contributed by atoms with Crippen molar-refractivity contribution >= 4 is 5.69 Å². The highest BCUT2D eigenvalue weighted by Gasteiger charge is 2.11. The molecular formula is C11H15N3. The fourth-order valence-corrected chi connectivity index (χ4v) is 1.27. The highest BCUT2D eigenvalue weighted by atomic mass is 15.1. The third-order valence-electron chi connectivity index (χ3n) is 2.55. The first-order valence-corrected chi connectivity index (χ1v) is 4.77. The van der Waals surface area contributed by atoms with Gasteiger partial charge in [-0.2, -0.15) is 5.26 Å². The molecule has 1 aromatic rings. The van der Waals surface area contributed by atoms with Crippen molar-refractivity contribution in [2.45, 2.75) is 26.3 Å². The van der Waals surface area contributed by atoms with Crippen molar-refractivity contribution in [2.75, 3.05) is 11.9 Å². The molecule has 0 bridgehead atoms. The molecule has 0 aliphatic heterocycles. The molecule has 0 amide bonds. The SMILES string of the molecule is CCC(C)N(C)c1cnccc1C#N. The molecule has 3 heteroatoms. The maximum absolute atomic E-state index is 8.92. The van der Waals surface area contributed by atoms with Crippen molar-refractivity contribution in [3.05, 3.63) is 24.0 Å². The predicted octanol–water partition coefficient (Wildman–Crippen LogP) is 2.19. The minimum absolute atomic E-state index is 0.422. The van der Waals surface area contributed by atoms with Crippen LogP contribution in [0.3, 0.4) is 0 Å². The van der Waals surface area contributed by atoms with Crippen LogP contribution in [-0.4, -0.2) is 18.1 Å². The lowest BCUT2D eigenvalue weighted by Crippen LogP contribution is -2.28. The van der Waals surface area contributed by atoms with E-state index in [0.29, 0.717) is 11.6 Å². The number of pyridine rings is 1. The van der Waals surface area contributed by atoms with Gasteiger partial charge in [0.2, 0.25) is 0 Å². The number of rotatable bonds is 3. The van der Waals surface area contributed by atoms with E-state index in [1.54, 1.807) is 18.5 Å². The zero-order chi connectivity index (χ0) is 10.6. The summed E-state index contributed by atoms with van der Waals surface area (Å²) in [4.78, 5) is 6.13. The summed E-state index contributed by atoms with van der Waals surface area (Å²) in [6.07, 6.45) is 4.44. The largest absolute Gasteiger partial charge is 0.370 e. The van der Waals surface area contributed by atoms with E-state index in [4.69, 9.17) is 5.26 Å². The van der Waals surface area contributed by atoms with Crippen LogP contribution in [0.5, 0.6) is 0 Å². The summed E-state index contributed by atoms with van der Waals surface area (Å²) in [7, 11) is 1.99. The lowest BCUT2D eigenvalue weighted by atomic mass is 10.1. The molecule has 1 rings (SSSR count). The molecule has 1 heterocycles. The molecular weight excluding hydrogens is 174 g/mol. The monoisotopic (exact) mass is 189 g/mol. The molecule has 0 radical (unpaired) electrons. The molecule has 0 spiro atoms. The van der Waals surface area contributed by atoms with Gasteiger partial charge in [-0.05, 0) is 19.4 Å². The fourth-order valence-electron chi connectivity index (χ4n) is 1.27. The first kappa shape index (κ1) is 10.5. The molecule has 1 aromatic heterocycles. The summed E-state index contributed by atoms with van der Waals surface area (Å²) in [5, 5.41) is 8.92. The van der Waals surface area contributed by atoms with Gasteiger partial charge in [0.1, 0.15) is 6.07 Å². The van der Waals surface area contributed by atoms with Crippen LogP contribution in [0.4, 0.5) is 5.69 Å². The summed E-state index contributed by atoms with van der Waals surface area (Å²) in [6.45, 7) is 4.26. The van der Waals surface area contributed by atoms with Crippen molar-refractivity contribution in [1.29, 1.82) is 5.26 Å². The molecule has 0 saturated carbocycles. The number of nitriles is 1. The quantitative estimate of drug-likeness (QED) is 0.731. The topological polar surface area (TPSA) is 39.9 Å². The smallest absolute Gasteiger partial charge is 0.101 e. The zero-order valence-corrected chi connectivity index (χ0v) is 8.86. The highest BCUT2D eigenvalue weighted by Crippen LogP contribution is 2.19. The standard InChI is InChI=1S/C11H15N3/c1-4-9(2)14(3)11-8-13-6-5-10(11)7-12/h5-6,8-9H,4H2,1-3H3. The first-order valence-electron chi connectivity index (χ1n) is 4.77. The van der Waals surface area contributed by atoms with Gasteiger partial charge in [0.15, 0.2) is 0 Å². The minimum Gasteiger partial charge on any atom is -0.370 e. The molecule has 1 unspecified atom stereocenters. The summed E-state index contributed by atoms with van der Waals surface area (Å²) < 4.78 is 0. The van der Waals surface area contributed by atoms with E-state index in [1.807, 2.05) is 7.05 Å². The van der Waals surface area contributed by atoms with Gasteiger partial charge in [-0.1, -0.05) is 6.92 Å². The Bertz CT molecular complexity index is 341. The van der Waals surface area contributed by atoms with Gasteiger partial charge in [-0.3, -0.25) is 4.98 Å². The lowest BCUT2D eigenvalue weighted by Gasteiger charge is -2.26. The average Bonchev–Trinajstić information content (AvgIpc) is 2.26. The van der Waals surface area contributed by atoms with Gasteiger partial charge in [-0.15, -0.1) is 0 Å². The molecule has 3 nitrogen and oxygen atoms in total. The number of nitrogens with zero attached hydrogens (tertiary/aromatic N) is 3. The molecule has 1 atom stereocenters. The minimum atomic E-state index is 0.422. The molecule has 14 heavy (non-hydrogen) atoms. The Balaban J connectivity index is 3.01. The van der Waals surface area contributed by atoms with Crippen LogP contribution in [0.25, 0.3) is 0 Å². The fraction of sp³-hybridized carbons (Fsp3) is 0.455. The summed E-state index contributed by atoms with van der Waals surface area (Å²) in [5.41, 5.74) is 1.59. The predicted molar refractivity (Wildman–Crippen MR) is 57.1 cm³/mol. The zero-order valence-electron chi connectivity index (χ0n) is 8.86. The van der Waals surface area contributed by atoms with Crippen molar-refractivity contribution in [3.8, 4) is 6.07 Å². The van der Waals surface area contributed by atoms with E-state index in [0.717, 1.165) is 12.1 Å². The second-order valence-electron chi connectivity index (χ2n) is 3.37. The Kier molecular flexibility index (Phi) is 3.47. The van der Waals surface area contributed by atoms with Gasteiger partial charge in [0.05, 0.1) is 17.4 Å². The van der Waals surface area contributed by atoms with Gasteiger partial charge < -0.3 is 4.90 Å². The molecule has 74 valence electrons. The van der Waals surface area contributed by atoms with E-state index < -0.39 is 0 Å². The maximum atomic E-state index is 8.92. The van der Waals surface area contributed by atoms with Crippen molar-refractivity contribution in [3.63, 3.8) is 0 Å². The molecule has 0 fully saturated rings. The number of aromatic nitrogens is 1. The van der Waals surface area contributed by atoms with E-state index in [-0.39, 0.29) is 0 Å². The average molecular weight is 189 g/mol. The van der Waals surface area contributed by atoms with E-state index in [1.165, 1.54) is 0 Å². The second kappa shape index (κ2) is 4.61.